The Bertz CT molecular complexity index is 687. The molecule has 1 N–H and O–H groups in total. The van der Waals surface area contributed by atoms with Crippen LogP contribution in [-0.2, 0) is 6.54 Å². The van der Waals surface area contributed by atoms with Crippen molar-refractivity contribution in [2.24, 2.45) is 5.41 Å². The van der Waals surface area contributed by atoms with Gasteiger partial charge < -0.3 is 14.8 Å². The third kappa shape index (κ3) is 5.21. The highest BCUT2D eigenvalue weighted by Gasteiger charge is 2.39. The van der Waals surface area contributed by atoms with Crippen LogP contribution in [0.15, 0.2) is 12.1 Å². The van der Waals surface area contributed by atoms with E-state index in [-0.39, 0.29) is 29.6 Å². The molecule has 0 atom stereocenters. The number of hydrogen-bond acceptors (Lipinski definition) is 6. The number of rotatable bonds is 7. The predicted octanol–water partition coefficient (Wildman–Crippen LogP) is 3.24. The summed E-state index contributed by atoms with van der Waals surface area (Å²) in [5.41, 5.74) is 0.670. The number of hydrogen-bond donors (Lipinski definition) is 1. The van der Waals surface area contributed by atoms with Gasteiger partial charge in [0.15, 0.2) is 11.5 Å². The van der Waals surface area contributed by atoms with Gasteiger partial charge in [-0.1, -0.05) is 0 Å². The van der Waals surface area contributed by atoms with Crippen molar-refractivity contribution in [2.75, 3.05) is 39.9 Å². The lowest BCUT2D eigenvalue weighted by molar-refractivity contribution is -0.385. The highest BCUT2D eigenvalue weighted by Crippen LogP contribution is 2.41. The number of nitro benzene ring substituents is 1. The molecule has 0 aliphatic carbocycles. The van der Waals surface area contributed by atoms with E-state index in [1.54, 1.807) is 0 Å². The summed E-state index contributed by atoms with van der Waals surface area (Å²) >= 11 is 0. The maximum Gasteiger partial charge on any atom is 0.277 e. The van der Waals surface area contributed by atoms with Crippen LogP contribution in [0.2, 0.25) is 0 Å². The number of alkyl halides is 2. The average Bonchev–Trinajstić information content (AvgIpc) is 3.02. The molecule has 1 spiro atoms. The molecule has 2 heterocycles. The van der Waals surface area contributed by atoms with Gasteiger partial charge in [-0.15, -0.1) is 12.4 Å². The molecule has 0 bridgehead atoms. The zero-order chi connectivity index (χ0) is 19.4. The summed E-state index contributed by atoms with van der Waals surface area (Å²) in [7, 11) is 1.39. The Labute approximate surface area is 168 Å². The third-order valence-electron chi connectivity index (χ3n) is 5.50. The van der Waals surface area contributed by atoms with E-state index < -0.39 is 18.0 Å². The van der Waals surface area contributed by atoms with Crippen molar-refractivity contribution in [1.29, 1.82) is 0 Å². The standard InChI is InChI=1S/C18H25F2N3O4.ClH/c1-26-15-8-13(14(23(24)25)9-16(15)27-11-17(19)20)10-22-7-4-18(12-22)2-5-21-6-3-18;/h8-9,17,21H,2-7,10-12H2,1H3;1H. The molecular formula is C18H26ClF2N3O4. The van der Waals surface area contributed by atoms with E-state index in [9.17, 15) is 18.9 Å². The smallest absolute Gasteiger partial charge is 0.277 e. The topological polar surface area (TPSA) is 76.9 Å². The van der Waals surface area contributed by atoms with Gasteiger partial charge in [-0.25, -0.2) is 8.78 Å². The summed E-state index contributed by atoms with van der Waals surface area (Å²) in [5.74, 6) is 0.191. The second-order valence-corrected chi connectivity index (χ2v) is 7.30. The van der Waals surface area contributed by atoms with Gasteiger partial charge in [0.25, 0.3) is 12.1 Å². The minimum Gasteiger partial charge on any atom is -0.493 e. The SMILES string of the molecule is COc1cc(CN2CCC3(CCNCC3)C2)c([N+](=O)[O-])cc1OCC(F)F.Cl. The van der Waals surface area contributed by atoms with Crippen LogP contribution in [0, 0.1) is 15.5 Å². The van der Waals surface area contributed by atoms with Crippen molar-refractivity contribution in [3.05, 3.63) is 27.8 Å². The molecule has 0 amide bonds. The summed E-state index contributed by atoms with van der Waals surface area (Å²) in [6.07, 6.45) is 0.666. The number of likely N-dealkylation sites (tertiary alicyclic amines) is 1. The van der Waals surface area contributed by atoms with E-state index in [0.29, 0.717) is 17.5 Å². The Balaban J connectivity index is 0.00000280. The molecule has 3 rings (SSSR count). The highest BCUT2D eigenvalue weighted by molar-refractivity contribution is 5.85. The Morgan fingerprint density at radius 3 is 2.61 bits per heavy atom. The first-order valence-corrected chi connectivity index (χ1v) is 9.12. The van der Waals surface area contributed by atoms with Gasteiger partial charge in [-0.05, 0) is 50.4 Å². The molecule has 2 aliphatic heterocycles. The molecule has 2 aliphatic rings. The fourth-order valence-electron chi connectivity index (χ4n) is 4.08. The van der Waals surface area contributed by atoms with Crippen molar-refractivity contribution in [3.8, 4) is 11.5 Å². The lowest BCUT2D eigenvalue weighted by Gasteiger charge is -2.33. The Hall–Kier alpha value is -1.71. The van der Waals surface area contributed by atoms with Crippen molar-refractivity contribution in [2.45, 2.75) is 32.2 Å². The molecule has 10 heteroatoms. The lowest BCUT2D eigenvalue weighted by Crippen LogP contribution is -2.38. The molecule has 2 fully saturated rings. The van der Waals surface area contributed by atoms with E-state index >= 15 is 0 Å². The first-order valence-electron chi connectivity index (χ1n) is 9.12. The first-order chi connectivity index (χ1) is 12.9. The molecule has 0 radical (unpaired) electrons. The maximum atomic E-state index is 12.4. The molecule has 1 aromatic rings. The molecule has 1 aromatic carbocycles. The van der Waals surface area contributed by atoms with Crippen molar-refractivity contribution < 1.29 is 23.2 Å². The molecule has 28 heavy (non-hydrogen) atoms. The van der Waals surface area contributed by atoms with E-state index in [1.807, 2.05) is 0 Å². The number of nitrogens with one attached hydrogen (secondary N) is 1. The number of benzene rings is 1. The predicted molar refractivity (Wildman–Crippen MR) is 103 cm³/mol. The summed E-state index contributed by atoms with van der Waals surface area (Å²) < 4.78 is 35.1. The van der Waals surface area contributed by atoms with Gasteiger partial charge in [0.05, 0.1) is 18.1 Å². The normalized spacial score (nSPS) is 18.9. The van der Waals surface area contributed by atoms with Gasteiger partial charge >= 0.3 is 0 Å². The molecule has 0 aromatic heterocycles. The summed E-state index contributed by atoms with van der Waals surface area (Å²) in [4.78, 5) is 13.2. The van der Waals surface area contributed by atoms with Crippen LogP contribution in [0.25, 0.3) is 0 Å². The number of piperidine rings is 1. The minimum absolute atomic E-state index is 0. The average molecular weight is 422 g/mol. The van der Waals surface area contributed by atoms with Crippen LogP contribution in [-0.4, -0.2) is 56.1 Å². The van der Waals surface area contributed by atoms with E-state index in [4.69, 9.17) is 9.47 Å². The highest BCUT2D eigenvalue weighted by atomic mass is 35.5. The van der Waals surface area contributed by atoms with Gasteiger partial charge in [-0.2, -0.15) is 0 Å². The molecule has 7 nitrogen and oxygen atoms in total. The summed E-state index contributed by atoms with van der Waals surface area (Å²) in [6, 6.07) is 2.72. The monoisotopic (exact) mass is 421 g/mol. The number of methoxy groups -OCH3 is 1. The molecule has 2 saturated heterocycles. The van der Waals surface area contributed by atoms with E-state index in [1.165, 1.54) is 19.2 Å². The van der Waals surface area contributed by atoms with Crippen LogP contribution in [0.5, 0.6) is 11.5 Å². The van der Waals surface area contributed by atoms with Crippen molar-refractivity contribution in [1.82, 2.24) is 10.2 Å². The molecular weight excluding hydrogens is 396 g/mol. The maximum absolute atomic E-state index is 12.4. The van der Waals surface area contributed by atoms with Crippen LogP contribution in [0.4, 0.5) is 14.5 Å². The quantitative estimate of drug-likeness (QED) is 0.538. The van der Waals surface area contributed by atoms with Crippen LogP contribution < -0.4 is 14.8 Å². The number of halogens is 3. The third-order valence-corrected chi connectivity index (χ3v) is 5.50. The number of nitrogens with zero attached hydrogens (tertiary/aromatic N) is 2. The molecule has 0 unspecified atom stereocenters. The fourth-order valence-corrected chi connectivity index (χ4v) is 4.08. The summed E-state index contributed by atoms with van der Waals surface area (Å²) in [5, 5.41) is 14.9. The largest absolute Gasteiger partial charge is 0.493 e. The van der Waals surface area contributed by atoms with Gasteiger partial charge in [0, 0.05) is 18.7 Å². The summed E-state index contributed by atoms with van der Waals surface area (Å²) in [6.45, 7) is 3.42. The second-order valence-electron chi connectivity index (χ2n) is 7.30. The fraction of sp³-hybridized carbons (Fsp3) is 0.667. The van der Waals surface area contributed by atoms with E-state index in [2.05, 4.69) is 10.2 Å². The molecule has 158 valence electrons. The van der Waals surface area contributed by atoms with Crippen LogP contribution in [0.3, 0.4) is 0 Å². The van der Waals surface area contributed by atoms with Gasteiger partial charge in [0.1, 0.15) is 6.61 Å². The van der Waals surface area contributed by atoms with E-state index in [0.717, 1.165) is 45.4 Å². The van der Waals surface area contributed by atoms with Crippen LogP contribution in [0.1, 0.15) is 24.8 Å². The number of ether oxygens (including phenoxy) is 2. The Kier molecular flexibility index (Phi) is 7.79. The Morgan fingerprint density at radius 1 is 1.29 bits per heavy atom. The van der Waals surface area contributed by atoms with Crippen molar-refractivity contribution >= 4 is 18.1 Å². The zero-order valence-corrected chi connectivity index (χ0v) is 16.6. The second kappa shape index (κ2) is 9.67. The first kappa shape index (κ1) is 22.6. The van der Waals surface area contributed by atoms with Crippen molar-refractivity contribution in [3.63, 3.8) is 0 Å². The Morgan fingerprint density at radius 2 is 2.00 bits per heavy atom. The minimum atomic E-state index is -2.67. The van der Waals surface area contributed by atoms with Crippen LogP contribution >= 0.6 is 12.4 Å². The lowest BCUT2D eigenvalue weighted by atomic mass is 9.78. The zero-order valence-electron chi connectivity index (χ0n) is 15.8. The number of nitro groups is 1. The van der Waals surface area contributed by atoms with Gasteiger partial charge in [-0.3, -0.25) is 15.0 Å². The van der Waals surface area contributed by atoms with Gasteiger partial charge in [0.2, 0.25) is 0 Å². The molecule has 0 saturated carbocycles.